The summed E-state index contributed by atoms with van der Waals surface area (Å²) >= 11 is 1.83. The van der Waals surface area contributed by atoms with E-state index < -0.39 is 0 Å². The first kappa shape index (κ1) is 12.4. The van der Waals surface area contributed by atoms with Gasteiger partial charge < -0.3 is 5.32 Å². The van der Waals surface area contributed by atoms with Crippen LogP contribution in [0.25, 0.3) is 10.8 Å². The molecule has 1 heterocycles. The molecule has 3 aromatic rings. The van der Waals surface area contributed by atoms with Gasteiger partial charge in [-0.15, -0.1) is 11.3 Å². The summed E-state index contributed by atoms with van der Waals surface area (Å²) in [5.74, 6) is 0. The van der Waals surface area contributed by atoms with Crippen LogP contribution < -0.4 is 5.32 Å². The van der Waals surface area contributed by atoms with Gasteiger partial charge in [-0.3, -0.25) is 0 Å². The van der Waals surface area contributed by atoms with Gasteiger partial charge in [0, 0.05) is 18.0 Å². The van der Waals surface area contributed by atoms with Crippen molar-refractivity contribution in [1.82, 2.24) is 5.32 Å². The molecule has 96 valence electrons. The molecule has 1 N–H and O–H groups in total. The normalized spacial score (nSPS) is 11.0. The Balaban J connectivity index is 1.74. The molecular weight excluding hydrogens is 250 g/mol. The first-order valence-electron chi connectivity index (χ1n) is 6.55. The molecule has 2 heteroatoms. The number of hydrogen-bond donors (Lipinski definition) is 1. The molecule has 0 bridgehead atoms. The van der Waals surface area contributed by atoms with E-state index in [9.17, 15) is 0 Å². The second kappa shape index (κ2) is 5.55. The molecule has 0 aliphatic carbocycles. The van der Waals surface area contributed by atoms with E-state index in [0.717, 1.165) is 13.1 Å². The Morgan fingerprint density at radius 2 is 1.79 bits per heavy atom. The van der Waals surface area contributed by atoms with Crippen LogP contribution in [0.2, 0.25) is 0 Å². The van der Waals surface area contributed by atoms with Gasteiger partial charge in [0.2, 0.25) is 0 Å². The SMILES string of the molecule is Cc1ccsc1CNCc1cccc2ccccc12. The third-order valence-corrected chi connectivity index (χ3v) is 4.47. The monoisotopic (exact) mass is 267 g/mol. The zero-order valence-electron chi connectivity index (χ0n) is 11.0. The Morgan fingerprint density at radius 1 is 0.947 bits per heavy atom. The molecule has 0 saturated carbocycles. The fourth-order valence-corrected chi connectivity index (χ4v) is 3.22. The number of aryl methyl sites for hydroxylation is 1. The van der Waals surface area contributed by atoms with Crippen molar-refractivity contribution in [2.45, 2.75) is 20.0 Å². The minimum absolute atomic E-state index is 0.915. The predicted octanol–water partition coefficient (Wildman–Crippen LogP) is 4.50. The van der Waals surface area contributed by atoms with Crippen LogP contribution in [-0.2, 0) is 13.1 Å². The average Bonchev–Trinajstić information content (AvgIpc) is 2.85. The molecule has 19 heavy (non-hydrogen) atoms. The second-order valence-electron chi connectivity index (χ2n) is 4.77. The van der Waals surface area contributed by atoms with Gasteiger partial charge in [0.15, 0.2) is 0 Å². The smallest absolute Gasteiger partial charge is 0.0305 e. The van der Waals surface area contributed by atoms with Crippen molar-refractivity contribution < 1.29 is 0 Å². The first-order valence-corrected chi connectivity index (χ1v) is 7.43. The Labute approximate surface area is 117 Å². The highest BCUT2D eigenvalue weighted by Gasteiger charge is 2.02. The molecule has 0 unspecified atom stereocenters. The highest BCUT2D eigenvalue weighted by molar-refractivity contribution is 7.10. The van der Waals surface area contributed by atoms with E-state index in [2.05, 4.69) is 66.2 Å². The summed E-state index contributed by atoms with van der Waals surface area (Å²) in [6.07, 6.45) is 0. The third kappa shape index (κ3) is 2.70. The molecule has 0 spiro atoms. The Bertz CT molecular complexity index is 679. The zero-order chi connectivity index (χ0) is 13.1. The maximum absolute atomic E-state index is 3.55. The van der Waals surface area contributed by atoms with Gasteiger partial charge >= 0.3 is 0 Å². The van der Waals surface area contributed by atoms with E-state index in [4.69, 9.17) is 0 Å². The lowest BCUT2D eigenvalue weighted by molar-refractivity contribution is 0.702. The fraction of sp³-hybridized carbons (Fsp3) is 0.176. The predicted molar refractivity (Wildman–Crippen MR) is 83.5 cm³/mol. The Kier molecular flexibility index (Phi) is 3.62. The maximum atomic E-state index is 3.55. The van der Waals surface area contributed by atoms with Gasteiger partial charge in [0.25, 0.3) is 0 Å². The van der Waals surface area contributed by atoms with Crippen molar-refractivity contribution in [3.05, 3.63) is 69.9 Å². The molecule has 0 saturated heterocycles. The molecule has 0 radical (unpaired) electrons. The second-order valence-corrected chi connectivity index (χ2v) is 5.77. The van der Waals surface area contributed by atoms with Crippen molar-refractivity contribution in [2.24, 2.45) is 0 Å². The quantitative estimate of drug-likeness (QED) is 0.734. The van der Waals surface area contributed by atoms with Crippen molar-refractivity contribution in [1.29, 1.82) is 0 Å². The summed E-state index contributed by atoms with van der Waals surface area (Å²) in [6, 6.07) is 17.3. The van der Waals surface area contributed by atoms with Crippen LogP contribution in [0.15, 0.2) is 53.9 Å². The summed E-state index contributed by atoms with van der Waals surface area (Å²) in [4.78, 5) is 1.43. The molecule has 0 amide bonds. The van der Waals surface area contributed by atoms with Gasteiger partial charge in [-0.1, -0.05) is 42.5 Å². The van der Waals surface area contributed by atoms with Gasteiger partial charge in [-0.05, 0) is 40.3 Å². The van der Waals surface area contributed by atoms with Crippen LogP contribution in [0.5, 0.6) is 0 Å². The van der Waals surface area contributed by atoms with E-state index >= 15 is 0 Å². The van der Waals surface area contributed by atoms with Crippen LogP contribution >= 0.6 is 11.3 Å². The van der Waals surface area contributed by atoms with Gasteiger partial charge in [-0.25, -0.2) is 0 Å². The first-order chi connectivity index (χ1) is 9.34. The molecule has 2 aromatic carbocycles. The Morgan fingerprint density at radius 3 is 2.63 bits per heavy atom. The van der Waals surface area contributed by atoms with Crippen LogP contribution in [0.4, 0.5) is 0 Å². The van der Waals surface area contributed by atoms with E-state index in [-0.39, 0.29) is 0 Å². The Hall–Kier alpha value is -1.64. The summed E-state index contributed by atoms with van der Waals surface area (Å²) < 4.78 is 0. The van der Waals surface area contributed by atoms with Crippen LogP contribution in [0, 0.1) is 6.92 Å². The van der Waals surface area contributed by atoms with Gasteiger partial charge in [0.05, 0.1) is 0 Å². The molecule has 1 aromatic heterocycles. The number of thiophene rings is 1. The molecule has 0 atom stereocenters. The molecular formula is C17H17NS. The number of rotatable bonds is 4. The molecule has 0 fully saturated rings. The standard InChI is InChI=1S/C17H17NS/c1-13-9-10-19-17(13)12-18-11-15-7-4-6-14-5-2-3-8-16(14)15/h2-10,18H,11-12H2,1H3. The zero-order valence-corrected chi connectivity index (χ0v) is 11.8. The molecule has 0 aliphatic rings. The van der Waals surface area contributed by atoms with E-state index in [1.54, 1.807) is 0 Å². The van der Waals surface area contributed by atoms with Crippen LogP contribution in [0.1, 0.15) is 16.0 Å². The topological polar surface area (TPSA) is 12.0 Å². The summed E-state index contributed by atoms with van der Waals surface area (Å²) in [7, 11) is 0. The lowest BCUT2D eigenvalue weighted by Crippen LogP contribution is -2.12. The van der Waals surface area contributed by atoms with Crippen molar-refractivity contribution in [2.75, 3.05) is 0 Å². The van der Waals surface area contributed by atoms with Crippen LogP contribution in [-0.4, -0.2) is 0 Å². The van der Waals surface area contributed by atoms with E-state index in [0.29, 0.717) is 0 Å². The van der Waals surface area contributed by atoms with E-state index in [1.807, 2.05) is 11.3 Å². The van der Waals surface area contributed by atoms with Gasteiger partial charge in [0.1, 0.15) is 0 Å². The van der Waals surface area contributed by atoms with Crippen LogP contribution in [0.3, 0.4) is 0 Å². The van der Waals surface area contributed by atoms with Crippen molar-refractivity contribution in [3.8, 4) is 0 Å². The number of hydrogen-bond acceptors (Lipinski definition) is 2. The maximum Gasteiger partial charge on any atom is 0.0305 e. The number of fused-ring (bicyclic) bond motifs is 1. The number of nitrogens with one attached hydrogen (secondary N) is 1. The lowest BCUT2D eigenvalue weighted by Gasteiger charge is -2.08. The summed E-state index contributed by atoms with van der Waals surface area (Å²) in [5, 5.41) is 8.37. The highest BCUT2D eigenvalue weighted by atomic mass is 32.1. The largest absolute Gasteiger partial charge is 0.308 e. The average molecular weight is 267 g/mol. The minimum Gasteiger partial charge on any atom is -0.308 e. The van der Waals surface area contributed by atoms with Crippen molar-refractivity contribution in [3.63, 3.8) is 0 Å². The van der Waals surface area contributed by atoms with Gasteiger partial charge in [-0.2, -0.15) is 0 Å². The molecule has 3 rings (SSSR count). The lowest BCUT2D eigenvalue weighted by atomic mass is 10.0. The van der Waals surface area contributed by atoms with E-state index in [1.165, 1.54) is 26.8 Å². The summed E-state index contributed by atoms with van der Waals surface area (Å²) in [5.41, 5.74) is 2.75. The molecule has 1 nitrogen and oxygen atoms in total. The van der Waals surface area contributed by atoms with Crippen molar-refractivity contribution >= 4 is 22.1 Å². The summed E-state index contributed by atoms with van der Waals surface area (Å²) in [6.45, 7) is 4.04. The fourth-order valence-electron chi connectivity index (χ4n) is 2.34. The molecule has 0 aliphatic heterocycles. The highest BCUT2D eigenvalue weighted by Crippen LogP contribution is 2.19. The third-order valence-electron chi connectivity index (χ3n) is 3.45. The number of benzene rings is 2. The minimum atomic E-state index is 0.915.